The molecule has 0 bridgehead atoms. The number of amides is 1. The van der Waals surface area contributed by atoms with Gasteiger partial charge >= 0.3 is 6.09 Å². The molecule has 0 saturated heterocycles. The fraction of sp³-hybridized carbons (Fsp3) is 0.857. The average Bonchev–Trinajstić information content (AvgIpc) is 1.86. The first kappa shape index (κ1) is 10.2. The molecule has 2 N–H and O–H groups in total. The van der Waals surface area contributed by atoms with E-state index in [2.05, 4.69) is 4.84 Å². The SMILES string of the molecule is CCN(C(=O)ON)C(C)(C)C. The summed E-state index contributed by atoms with van der Waals surface area (Å²) in [6.45, 7) is 8.25. The van der Waals surface area contributed by atoms with Crippen LogP contribution in [0.1, 0.15) is 27.7 Å². The Morgan fingerprint density at radius 1 is 1.55 bits per heavy atom. The molecule has 0 aromatic carbocycles. The Morgan fingerprint density at radius 2 is 2.00 bits per heavy atom. The minimum Gasteiger partial charge on any atom is -0.357 e. The monoisotopic (exact) mass is 160 g/mol. The summed E-state index contributed by atoms with van der Waals surface area (Å²) >= 11 is 0. The predicted molar refractivity (Wildman–Crippen MR) is 42.8 cm³/mol. The molecule has 0 radical (unpaired) electrons. The van der Waals surface area contributed by atoms with E-state index in [0.717, 1.165) is 0 Å². The van der Waals surface area contributed by atoms with Crippen LogP contribution in [-0.2, 0) is 4.84 Å². The van der Waals surface area contributed by atoms with Crippen molar-refractivity contribution in [1.29, 1.82) is 0 Å². The molecule has 0 aliphatic rings. The molecule has 66 valence electrons. The van der Waals surface area contributed by atoms with Crippen molar-refractivity contribution in [2.45, 2.75) is 33.2 Å². The highest BCUT2D eigenvalue weighted by Crippen LogP contribution is 2.12. The maximum atomic E-state index is 11.0. The van der Waals surface area contributed by atoms with Crippen molar-refractivity contribution < 1.29 is 9.63 Å². The summed E-state index contributed by atoms with van der Waals surface area (Å²) in [5.74, 6) is 4.75. The van der Waals surface area contributed by atoms with E-state index in [9.17, 15) is 4.79 Å². The molecule has 0 rings (SSSR count). The summed E-state index contributed by atoms with van der Waals surface area (Å²) in [4.78, 5) is 16.6. The molecule has 0 atom stereocenters. The predicted octanol–water partition coefficient (Wildman–Crippen LogP) is 1.12. The lowest BCUT2D eigenvalue weighted by Crippen LogP contribution is -2.46. The van der Waals surface area contributed by atoms with Crippen LogP contribution in [0.4, 0.5) is 4.79 Å². The third-order valence-corrected chi connectivity index (χ3v) is 1.45. The number of rotatable bonds is 1. The van der Waals surface area contributed by atoms with E-state index in [1.54, 1.807) is 4.90 Å². The molecular formula is C7H16N2O2. The summed E-state index contributed by atoms with van der Waals surface area (Å²) < 4.78 is 0. The van der Waals surface area contributed by atoms with Crippen LogP contribution in [0.5, 0.6) is 0 Å². The van der Waals surface area contributed by atoms with Gasteiger partial charge in [-0.25, -0.2) is 4.79 Å². The second kappa shape index (κ2) is 3.57. The summed E-state index contributed by atoms with van der Waals surface area (Å²) in [6, 6.07) is 0. The normalized spacial score (nSPS) is 11.0. The van der Waals surface area contributed by atoms with Crippen molar-refractivity contribution in [3.05, 3.63) is 0 Å². The summed E-state index contributed by atoms with van der Waals surface area (Å²) in [6.07, 6.45) is -0.486. The van der Waals surface area contributed by atoms with Gasteiger partial charge in [-0.15, -0.1) is 0 Å². The van der Waals surface area contributed by atoms with Gasteiger partial charge in [-0.3, -0.25) is 0 Å². The molecule has 1 amide bonds. The lowest BCUT2D eigenvalue weighted by atomic mass is 10.1. The minimum atomic E-state index is -0.486. The smallest absolute Gasteiger partial charge is 0.357 e. The highest BCUT2D eigenvalue weighted by molar-refractivity contribution is 5.68. The highest BCUT2D eigenvalue weighted by atomic mass is 16.7. The molecule has 0 aromatic rings. The van der Waals surface area contributed by atoms with Crippen LogP contribution in [0.25, 0.3) is 0 Å². The largest absolute Gasteiger partial charge is 0.428 e. The Morgan fingerprint density at radius 3 is 2.09 bits per heavy atom. The number of hydrogen-bond acceptors (Lipinski definition) is 3. The van der Waals surface area contributed by atoms with E-state index >= 15 is 0 Å². The van der Waals surface area contributed by atoms with Gasteiger partial charge in [0.1, 0.15) is 0 Å². The van der Waals surface area contributed by atoms with E-state index in [1.165, 1.54) is 0 Å². The zero-order valence-electron chi connectivity index (χ0n) is 7.55. The van der Waals surface area contributed by atoms with Crippen molar-refractivity contribution in [3.8, 4) is 0 Å². The number of carbonyl (C=O) groups is 1. The fourth-order valence-corrected chi connectivity index (χ4v) is 0.941. The molecule has 0 aliphatic heterocycles. The van der Waals surface area contributed by atoms with Gasteiger partial charge in [0, 0.05) is 12.1 Å². The molecule has 0 aromatic heterocycles. The first-order valence-electron chi connectivity index (χ1n) is 3.61. The molecule has 0 saturated carbocycles. The molecule has 0 aliphatic carbocycles. The van der Waals surface area contributed by atoms with Crippen LogP contribution in [0.2, 0.25) is 0 Å². The van der Waals surface area contributed by atoms with Crippen LogP contribution in [-0.4, -0.2) is 23.1 Å². The Kier molecular flexibility index (Phi) is 3.32. The molecule has 0 unspecified atom stereocenters. The maximum Gasteiger partial charge on any atom is 0.428 e. The van der Waals surface area contributed by atoms with E-state index in [4.69, 9.17) is 5.90 Å². The number of nitrogens with zero attached hydrogens (tertiary/aromatic N) is 1. The second-order valence-electron chi connectivity index (χ2n) is 3.30. The number of carbonyl (C=O) groups excluding carboxylic acids is 1. The lowest BCUT2D eigenvalue weighted by Gasteiger charge is -2.32. The van der Waals surface area contributed by atoms with Gasteiger partial charge in [0.25, 0.3) is 0 Å². The number of nitrogens with two attached hydrogens (primary N) is 1. The highest BCUT2D eigenvalue weighted by Gasteiger charge is 2.25. The van der Waals surface area contributed by atoms with Gasteiger partial charge in [0.15, 0.2) is 0 Å². The minimum absolute atomic E-state index is 0.231. The van der Waals surface area contributed by atoms with Gasteiger partial charge in [-0.2, -0.15) is 5.90 Å². The Hall–Kier alpha value is -0.770. The maximum absolute atomic E-state index is 11.0. The van der Waals surface area contributed by atoms with Gasteiger partial charge in [0.2, 0.25) is 0 Å². The van der Waals surface area contributed by atoms with Crippen molar-refractivity contribution in [2.75, 3.05) is 6.54 Å². The van der Waals surface area contributed by atoms with Gasteiger partial charge in [0.05, 0.1) is 0 Å². The van der Waals surface area contributed by atoms with Gasteiger partial charge < -0.3 is 9.74 Å². The molecule has 0 spiro atoms. The Bertz CT molecular complexity index is 140. The third kappa shape index (κ3) is 2.76. The summed E-state index contributed by atoms with van der Waals surface area (Å²) in [5, 5.41) is 0. The van der Waals surface area contributed by atoms with Crippen molar-refractivity contribution in [1.82, 2.24) is 4.90 Å². The van der Waals surface area contributed by atoms with Crippen molar-refractivity contribution in [3.63, 3.8) is 0 Å². The average molecular weight is 160 g/mol. The lowest BCUT2D eigenvalue weighted by molar-refractivity contribution is 0.0707. The Balaban J connectivity index is 4.29. The zero-order valence-corrected chi connectivity index (χ0v) is 7.55. The Labute approximate surface area is 67.3 Å². The van der Waals surface area contributed by atoms with Crippen molar-refractivity contribution >= 4 is 6.09 Å². The van der Waals surface area contributed by atoms with E-state index in [1.807, 2.05) is 27.7 Å². The van der Waals surface area contributed by atoms with E-state index < -0.39 is 6.09 Å². The number of hydrogen-bond donors (Lipinski definition) is 1. The van der Waals surface area contributed by atoms with Gasteiger partial charge in [-0.1, -0.05) is 0 Å². The molecule has 0 fully saturated rings. The molecule has 0 heterocycles. The second-order valence-corrected chi connectivity index (χ2v) is 3.30. The van der Waals surface area contributed by atoms with E-state index in [-0.39, 0.29) is 5.54 Å². The van der Waals surface area contributed by atoms with Crippen LogP contribution >= 0.6 is 0 Å². The van der Waals surface area contributed by atoms with Crippen LogP contribution in [0.3, 0.4) is 0 Å². The van der Waals surface area contributed by atoms with E-state index in [0.29, 0.717) is 6.54 Å². The fourth-order valence-electron chi connectivity index (χ4n) is 0.941. The molecule has 11 heavy (non-hydrogen) atoms. The first-order chi connectivity index (χ1) is 4.93. The van der Waals surface area contributed by atoms with Crippen LogP contribution < -0.4 is 5.90 Å². The standard InChI is InChI=1S/C7H16N2O2/c1-5-9(6(10)11-8)7(2,3)4/h5,8H2,1-4H3. The zero-order chi connectivity index (χ0) is 9.07. The quantitative estimate of drug-likeness (QED) is 0.585. The summed E-state index contributed by atoms with van der Waals surface area (Å²) in [7, 11) is 0. The first-order valence-corrected chi connectivity index (χ1v) is 3.61. The molecule has 4 nitrogen and oxygen atoms in total. The van der Waals surface area contributed by atoms with Gasteiger partial charge in [-0.05, 0) is 27.7 Å². The molecular weight excluding hydrogens is 144 g/mol. The third-order valence-electron chi connectivity index (χ3n) is 1.45. The van der Waals surface area contributed by atoms with Crippen molar-refractivity contribution in [2.24, 2.45) is 5.90 Å². The summed E-state index contributed by atoms with van der Waals surface area (Å²) in [5.41, 5.74) is -0.231. The molecule has 4 heteroatoms. The topological polar surface area (TPSA) is 55.6 Å². The van der Waals surface area contributed by atoms with Crippen LogP contribution in [0, 0.1) is 0 Å². The van der Waals surface area contributed by atoms with Crippen LogP contribution in [0.15, 0.2) is 0 Å².